The molecular formula is C22H19FN4O6S2. The molecule has 2 aromatic carbocycles. The molecule has 1 aliphatic heterocycles. The minimum atomic E-state index is -3.97. The predicted molar refractivity (Wildman–Crippen MR) is 124 cm³/mol. The van der Waals surface area contributed by atoms with Crippen molar-refractivity contribution in [3.8, 4) is 0 Å². The molecule has 10 nitrogen and oxygen atoms in total. The second kappa shape index (κ2) is 9.88. The van der Waals surface area contributed by atoms with Crippen molar-refractivity contribution < 1.29 is 27.3 Å². The highest BCUT2D eigenvalue weighted by molar-refractivity contribution is 7.93. The van der Waals surface area contributed by atoms with Gasteiger partial charge >= 0.3 is 0 Å². The fraction of sp³-hybridized carbons (Fsp3) is 0.227. The van der Waals surface area contributed by atoms with Gasteiger partial charge in [0.15, 0.2) is 5.13 Å². The predicted octanol–water partition coefficient (Wildman–Crippen LogP) is 3.05. The third-order valence-corrected chi connectivity index (χ3v) is 8.65. The number of non-ortho nitro benzene ring substituents is 1. The Kier molecular flexibility index (Phi) is 6.89. The molecule has 0 radical (unpaired) electrons. The lowest BCUT2D eigenvalue weighted by Crippen LogP contribution is -2.30. The van der Waals surface area contributed by atoms with Crippen LogP contribution in [-0.2, 0) is 25.8 Å². The lowest BCUT2D eigenvalue weighted by Gasteiger charge is -2.16. The number of hydrogen-bond acceptors (Lipinski definition) is 8. The Morgan fingerprint density at radius 3 is 2.54 bits per heavy atom. The standard InChI is InChI=1S/C22H19FN4O6S2/c23-16-3-1-14(2-4-16)9-10-26-13-15(11-19(26)28)21(29)25-22-24-12-20(34-22)35(32,33)18-7-5-17(6-8-18)27(30)31/h1-8,12,15H,9-11,13H2,(H,24,25,29). The lowest BCUT2D eigenvalue weighted by atomic mass is 10.1. The van der Waals surface area contributed by atoms with E-state index in [1.54, 1.807) is 17.0 Å². The van der Waals surface area contributed by atoms with Crippen LogP contribution in [0.5, 0.6) is 0 Å². The average molecular weight is 519 g/mol. The first kappa shape index (κ1) is 24.4. The smallest absolute Gasteiger partial charge is 0.269 e. The maximum Gasteiger partial charge on any atom is 0.269 e. The monoisotopic (exact) mass is 518 g/mol. The number of likely N-dealkylation sites (tertiary alicyclic amines) is 1. The van der Waals surface area contributed by atoms with Crippen molar-refractivity contribution in [2.45, 2.75) is 21.9 Å². The minimum Gasteiger partial charge on any atom is -0.342 e. The Labute approximate surface area is 203 Å². The van der Waals surface area contributed by atoms with Gasteiger partial charge in [-0.25, -0.2) is 17.8 Å². The molecule has 0 bridgehead atoms. The van der Waals surface area contributed by atoms with Crippen molar-refractivity contribution >= 4 is 43.8 Å². The molecule has 1 unspecified atom stereocenters. The fourth-order valence-electron chi connectivity index (χ4n) is 3.59. The summed E-state index contributed by atoms with van der Waals surface area (Å²) >= 11 is 0.748. The molecule has 3 aromatic rings. The molecule has 1 aromatic heterocycles. The number of anilines is 1. The minimum absolute atomic E-state index is 0.0224. The van der Waals surface area contributed by atoms with Gasteiger partial charge in [0, 0.05) is 31.6 Å². The number of rotatable bonds is 8. The van der Waals surface area contributed by atoms with Crippen LogP contribution in [-0.4, -0.2) is 48.1 Å². The zero-order chi connectivity index (χ0) is 25.2. The van der Waals surface area contributed by atoms with Crippen molar-refractivity contribution in [3.05, 3.63) is 76.2 Å². The van der Waals surface area contributed by atoms with Gasteiger partial charge < -0.3 is 10.2 Å². The van der Waals surface area contributed by atoms with Crippen LogP contribution in [0.1, 0.15) is 12.0 Å². The number of nitrogens with zero attached hydrogens (tertiary/aromatic N) is 3. The highest BCUT2D eigenvalue weighted by Crippen LogP contribution is 2.30. The van der Waals surface area contributed by atoms with Crippen molar-refractivity contribution in [1.29, 1.82) is 0 Å². The topological polar surface area (TPSA) is 140 Å². The van der Waals surface area contributed by atoms with Crippen molar-refractivity contribution in [1.82, 2.24) is 9.88 Å². The number of carbonyl (C=O) groups is 2. The summed E-state index contributed by atoms with van der Waals surface area (Å²) in [6.07, 6.45) is 1.65. The maximum absolute atomic E-state index is 13.0. The molecule has 1 aliphatic rings. The van der Waals surface area contributed by atoms with Crippen molar-refractivity contribution in [2.24, 2.45) is 5.92 Å². The molecular weight excluding hydrogens is 499 g/mol. The molecule has 1 fully saturated rings. The van der Waals surface area contributed by atoms with Crippen LogP contribution in [0.2, 0.25) is 0 Å². The fourth-order valence-corrected chi connectivity index (χ4v) is 6.03. The number of nitro benzene ring substituents is 1. The Bertz CT molecular complexity index is 1370. The van der Waals surface area contributed by atoms with E-state index in [-0.39, 0.29) is 44.6 Å². The lowest BCUT2D eigenvalue weighted by molar-refractivity contribution is -0.384. The largest absolute Gasteiger partial charge is 0.342 e. The Morgan fingerprint density at radius 2 is 1.89 bits per heavy atom. The number of nitrogens with one attached hydrogen (secondary N) is 1. The number of sulfone groups is 1. The number of halogens is 1. The Morgan fingerprint density at radius 1 is 1.20 bits per heavy atom. The number of amides is 2. The number of benzene rings is 2. The Hall–Kier alpha value is -3.71. The van der Waals surface area contributed by atoms with Crippen LogP contribution in [0.3, 0.4) is 0 Å². The molecule has 1 saturated heterocycles. The quantitative estimate of drug-likeness (QED) is 0.357. The summed E-state index contributed by atoms with van der Waals surface area (Å²) in [6.45, 7) is 0.605. The first-order chi connectivity index (χ1) is 16.6. The molecule has 35 heavy (non-hydrogen) atoms. The second-order valence-electron chi connectivity index (χ2n) is 7.85. The zero-order valence-electron chi connectivity index (χ0n) is 18.1. The molecule has 1 N–H and O–H groups in total. The molecule has 2 amide bonds. The highest BCUT2D eigenvalue weighted by Gasteiger charge is 2.34. The Balaban J connectivity index is 1.36. The van der Waals surface area contributed by atoms with E-state index >= 15 is 0 Å². The number of thiazole rings is 1. The summed E-state index contributed by atoms with van der Waals surface area (Å²) in [7, 11) is -3.97. The SMILES string of the molecule is O=C(Nc1ncc(S(=O)(=O)c2ccc([N+](=O)[O-])cc2)s1)C1CC(=O)N(CCc2ccc(F)cc2)C1. The van der Waals surface area contributed by atoms with Gasteiger partial charge in [-0.05, 0) is 36.2 Å². The number of carbonyl (C=O) groups excluding carboxylic acids is 2. The van der Waals surface area contributed by atoms with Gasteiger partial charge in [0.2, 0.25) is 21.7 Å². The molecule has 1 atom stereocenters. The van der Waals surface area contributed by atoms with Crippen LogP contribution >= 0.6 is 11.3 Å². The van der Waals surface area contributed by atoms with Gasteiger partial charge in [0.1, 0.15) is 10.0 Å². The van der Waals surface area contributed by atoms with E-state index in [4.69, 9.17) is 0 Å². The van der Waals surface area contributed by atoms with Crippen LogP contribution in [0.25, 0.3) is 0 Å². The molecule has 0 spiro atoms. The van der Waals surface area contributed by atoms with Crippen LogP contribution < -0.4 is 5.32 Å². The average Bonchev–Trinajstić information content (AvgIpc) is 3.46. The highest BCUT2D eigenvalue weighted by atomic mass is 32.2. The van der Waals surface area contributed by atoms with E-state index in [1.165, 1.54) is 12.1 Å². The van der Waals surface area contributed by atoms with E-state index in [2.05, 4.69) is 10.3 Å². The van der Waals surface area contributed by atoms with Crippen LogP contribution in [0.15, 0.2) is 63.8 Å². The summed E-state index contributed by atoms with van der Waals surface area (Å²) in [5, 5.41) is 13.4. The van der Waals surface area contributed by atoms with Gasteiger partial charge in [-0.3, -0.25) is 19.7 Å². The van der Waals surface area contributed by atoms with E-state index in [9.17, 15) is 32.5 Å². The maximum atomic E-state index is 13.0. The molecule has 13 heteroatoms. The second-order valence-corrected chi connectivity index (χ2v) is 11.1. The van der Waals surface area contributed by atoms with Gasteiger partial charge in [-0.2, -0.15) is 0 Å². The summed E-state index contributed by atoms with van der Waals surface area (Å²) < 4.78 is 38.5. The number of hydrogen-bond donors (Lipinski definition) is 1. The van der Waals surface area contributed by atoms with Crippen molar-refractivity contribution in [2.75, 3.05) is 18.4 Å². The van der Waals surface area contributed by atoms with Gasteiger partial charge in [-0.1, -0.05) is 23.5 Å². The van der Waals surface area contributed by atoms with E-state index < -0.39 is 26.6 Å². The zero-order valence-corrected chi connectivity index (χ0v) is 19.7. The van der Waals surface area contributed by atoms with E-state index in [0.29, 0.717) is 13.0 Å². The van der Waals surface area contributed by atoms with Crippen LogP contribution in [0, 0.1) is 21.8 Å². The third-order valence-electron chi connectivity index (χ3n) is 5.51. The summed E-state index contributed by atoms with van der Waals surface area (Å²) in [5.41, 5.74) is 0.635. The number of nitro groups is 1. The molecule has 2 heterocycles. The van der Waals surface area contributed by atoms with E-state index in [1.807, 2.05) is 0 Å². The summed E-state index contributed by atoms with van der Waals surface area (Å²) in [4.78, 5) is 40.5. The van der Waals surface area contributed by atoms with Crippen molar-refractivity contribution in [3.63, 3.8) is 0 Å². The van der Waals surface area contributed by atoms with Crippen LogP contribution in [0.4, 0.5) is 15.2 Å². The molecule has 0 saturated carbocycles. The first-order valence-corrected chi connectivity index (χ1v) is 12.7. The molecule has 4 rings (SSSR count). The van der Waals surface area contributed by atoms with Gasteiger partial charge in [0.25, 0.3) is 5.69 Å². The third kappa shape index (κ3) is 5.52. The molecule has 0 aliphatic carbocycles. The number of aromatic nitrogens is 1. The summed E-state index contributed by atoms with van der Waals surface area (Å²) in [6, 6.07) is 10.4. The van der Waals surface area contributed by atoms with E-state index in [0.717, 1.165) is 47.4 Å². The molecule has 182 valence electrons. The summed E-state index contributed by atoms with van der Waals surface area (Å²) in [5.74, 6) is -1.58. The normalized spacial score (nSPS) is 15.9. The van der Waals surface area contributed by atoms with Gasteiger partial charge in [-0.15, -0.1) is 0 Å². The van der Waals surface area contributed by atoms with Gasteiger partial charge in [0.05, 0.1) is 21.9 Å². The first-order valence-electron chi connectivity index (χ1n) is 10.4.